The Hall–Kier alpha value is -0.860. The lowest BCUT2D eigenvalue weighted by molar-refractivity contribution is 0.205. The Morgan fingerprint density at radius 2 is 2.05 bits per heavy atom. The van der Waals surface area contributed by atoms with E-state index in [2.05, 4.69) is 41.4 Å². The summed E-state index contributed by atoms with van der Waals surface area (Å²) in [7, 11) is 0. The van der Waals surface area contributed by atoms with Gasteiger partial charge >= 0.3 is 0 Å². The summed E-state index contributed by atoms with van der Waals surface area (Å²) >= 11 is 0. The lowest BCUT2D eigenvalue weighted by Crippen LogP contribution is -2.31. The summed E-state index contributed by atoms with van der Waals surface area (Å²) in [5.41, 5.74) is 3.08. The van der Waals surface area contributed by atoms with E-state index in [9.17, 15) is 0 Å². The van der Waals surface area contributed by atoms with Crippen LogP contribution in [0.4, 0.5) is 0 Å². The number of likely N-dealkylation sites (N-methyl/N-ethyl adjacent to an activating group) is 1. The van der Waals surface area contributed by atoms with Crippen molar-refractivity contribution in [2.45, 2.75) is 45.2 Å². The van der Waals surface area contributed by atoms with Gasteiger partial charge in [-0.25, -0.2) is 0 Å². The summed E-state index contributed by atoms with van der Waals surface area (Å²) in [6, 6.07) is 9.89. The van der Waals surface area contributed by atoms with E-state index in [4.69, 9.17) is 0 Å². The third-order valence-corrected chi connectivity index (χ3v) is 4.84. The molecule has 2 bridgehead atoms. The first-order valence-electron chi connectivity index (χ1n) is 7.88. The van der Waals surface area contributed by atoms with Gasteiger partial charge < -0.3 is 5.32 Å². The number of piperidine rings is 1. The molecule has 19 heavy (non-hydrogen) atoms. The van der Waals surface area contributed by atoms with E-state index in [0.29, 0.717) is 0 Å². The third kappa shape index (κ3) is 3.01. The predicted molar refractivity (Wildman–Crippen MR) is 80.2 cm³/mol. The first-order chi connectivity index (χ1) is 9.36. The van der Waals surface area contributed by atoms with Gasteiger partial charge in [0, 0.05) is 19.1 Å². The van der Waals surface area contributed by atoms with Crippen LogP contribution in [-0.4, -0.2) is 30.6 Å². The van der Waals surface area contributed by atoms with Crippen molar-refractivity contribution in [1.82, 2.24) is 10.2 Å². The smallest absolute Gasteiger partial charge is 0.0239 e. The van der Waals surface area contributed by atoms with E-state index in [1.54, 1.807) is 5.56 Å². The van der Waals surface area contributed by atoms with Gasteiger partial charge in [0.25, 0.3) is 0 Å². The van der Waals surface area contributed by atoms with Gasteiger partial charge in [0.1, 0.15) is 0 Å². The molecular weight excluding hydrogens is 232 g/mol. The molecule has 1 saturated heterocycles. The van der Waals surface area contributed by atoms with Gasteiger partial charge in [-0.3, -0.25) is 4.90 Å². The molecule has 0 amide bonds. The minimum Gasteiger partial charge on any atom is -0.317 e. The second-order valence-electron chi connectivity index (χ2n) is 6.13. The number of benzene rings is 1. The van der Waals surface area contributed by atoms with Gasteiger partial charge in [-0.1, -0.05) is 31.2 Å². The fraction of sp³-hybridized carbons (Fsp3) is 0.647. The molecule has 1 heterocycles. The predicted octanol–water partition coefficient (Wildman–Crippen LogP) is 2.82. The number of nitrogens with zero attached hydrogens (tertiary/aromatic N) is 1. The molecule has 1 N–H and O–H groups in total. The maximum Gasteiger partial charge on any atom is 0.0239 e. The van der Waals surface area contributed by atoms with Crippen molar-refractivity contribution >= 4 is 0 Å². The van der Waals surface area contributed by atoms with Crippen LogP contribution in [0.2, 0.25) is 0 Å². The Morgan fingerprint density at radius 1 is 1.21 bits per heavy atom. The number of fused-ring (bicyclic) bond motifs is 2. The molecule has 2 heteroatoms. The maximum atomic E-state index is 3.43. The Labute approximate surface area is 117 Å². The highest BCUT2D eigenvalue weighted by Crippen LogP contribution is 2.38. The molecule has 0 spiro atoms. The van der Waals surface area contributed by atoms with Crippen LogP contribution in [0.1, 0.15) is 37.3 Å². The molecule has 0 radical (unpaired) electrons. The van der Waals surface area contributed by atoms with Crippen LogP contribution in [0.25, 0.3) is 0 Å². The summed E-state index contributed by atoms with van der Waals surface area (Å²) in [6.07, 6.45) is 5.53. The van der Waals surface area contributed by atoms with Gasteiger partial charge in [0.15, 0.2) is 0 Å². The van der Waals surface area contributed by atoms with Gasteiger partial charge in [-0.2, -0.15) is 0 Å². The Balaban J connectivity index is 1.63. The molecule has 1 aromatic rings. The molecule has 1 aliphatic carbocycles. The quantitative estimate of drug-likeness (QED) is 0.789. The fourth-order valence-corrected chi connectivity index (χ4v) is 3.79. The average Bonchev–Trinajstić information content (AvgIpc) is 3.03. The zero-order valence-corrected chi connectivity index (χ0v) is 12.1. The van der Waals surface area contributed by atoms with Crippen LogP contribution in [0.15, 0.2) is 24.3 Å². The van der Waals surface area contributed by atoms with Crippen molar-refractivity contribution in [3.8, 4) is 0 Å². The molecule has 2 aliphatic rings. The molecule has 2 nitrogen and oxygen atoms in total. The van der Waals surface area contributed by atoms with Crippen molar-refractivity contribution in [3.05, 3.63) is 35.4 Å². The summed E-state index contributed by atoms with van der Waals surface area (Å²) in [5, 5.41) is 3.43. The third-order valence-electron chi connectivity index (χ3n) is 4.84. The van der Waals surface area contributed by atoms with Crippen molar-refractivity contribution in [2.24, 2.45) is 5.92 Å². The molecule has 1 aromatic carbocycles. The summed E-state index contributed by atoms with van der Waals surface area (Å²) in [6.45, 7) is 6.85. The monoisotopic (exact) mass is 258 g/mol. The SMILES string of the molecule is CCNCCc1ccccc1CN1CC2CCC1C2. The van der Waals surface area contributed by atoms with Gasteiger partial charge in [-0.05, 0) is 55.8 Å². The van der Waals surface area contributed by atoms with Gasteiger partial charge in [-0.15, -0.1) is 0 Å². The largest absolute Gasteiger partial charge is 0.317 e. The van der Waals surface area contributed by atoms with Crippen molar-refractivity contribution in [2.75, 3.05) is 19.6 Å². The summed E-state index contributed by atoms with van der Waals surface area (Å²) in [5.74, 6) is 0.999. The number of hydrogen-bond acceptors (Lipinski definition) is 2. The van der Waals surface area contributed by atoms with Crippen molar-refractivity contribution < 1.29 is 0 Å². The average molecular weight is 258 g/mol. The molecule has 3 rings (SSSR count). The lowest BCUT2D eigenvalue weighted by Gasteiger charge is -2.27. The second-order valence-corrected chi connectivity index (χ2v) is 6.13. The lowest BCUT2D eigenvalue weighted by atomic mass is 10.0. The second kappa shape index (κ2) is 6.06. The molecule has 1 saturated carbocycles. The number of hydrogen-bond donors (Lipinski definition) is 1. The zero-order valence-electron chi connectivity index (χ0n) is 12.1. The zero-order chi connectivity index (χ0) is 13.1. The van der Waals surface area contributed by atoms with Crippen LogP contribution < -0.4 is 5.32 Å². The number of likely N-dealkylation sites (tertiary alicyclic amines) is 1. The first-order valence-corrected chi connectivity index (χ1v) is 7.88. The fourth-order valence-electron chi connectivity index (χ4n) is 3.79. The molecule has 104 valence electrons. The van der Waals surface area contributed by atoms with E-state index >= 15 is 0 Å². The Kier molecular flexibility index (Phi) is 4.19. The van der Waals surface area contributed by atoms with Crippen LogP contribution in [0.3, 0.4) is 0 Å². The van der Waals surface area contributed by atoms with E-state index < -0.39 is 0 Å². The summed E-state index contributed by atoms with van der Waals surface area (Å²) in [4.78, 5) is 2.72. The van der Waals surface area contributed by atoms with Crippen LogP contribution >= 0.6 is 0 Å². The van der Waals surface area contributed by atoms with Gasteiger partial charge in [0.05, 0.1) is 0 Å². The normalized spacial score (nSPS) is 26.2. The van der Waals surface area contributed by atoms with E-state index in [1.165, 1.54) is 37.9 Å². The maximum absolute atomic E-state index is 3.43. The summed E-state index contributed by atoms with van der Waals surface area (Å²) < 4.78 is 0. The van der Waals surface area contributed by atoms with Crippen LogP contribution in [0, 0.1) is 5.92 Å². The molecule has 1 aliphatic heterocycles. The molecule has 2 unspecified atom stereocenters. The highest BCUT2D eigenvalue weighted by Gasteiger charge is 2.37. The van der Waals surface area contributed by atoms with E-state index in [-0.39, 0.29) is 0 Å². The highest BCUT2D eigenvalue weighted by atomic mass is 15.2. The Bertz CT molecular complexity index is 415. The standard InChI is InChI=1S/C17H26N2/c1-2-18-10-9-15-5-3-4-6-16(15)13-19-12-14-7-8-17(19)11-14/h3-6,14,17-18H,2,7-13H2,1H3. The molecule has 0 aromatic heterocycles. The highest BCUT2D eigenvalue weighted by molar-refractivity contribution is 5.27. The molecule has 2 atom stereocenters. The van der Waals surface area contributed by atoms with Gasteiger partial charge in [0.2, 0.25) is 0 Å². The van der Waals surface area contributed by atoms with Crippen LogP contribution in [-0.2, 0) is 13.0 Å². The minimum absolute atomic E-state index is 0.881. The van der Waals surface area contributed by atoms with Crippen molar-refractivity contribution in [1.29, 1.82) is 0 Å². The molecular formula is C17H26N2. The number of nitrogens with one attached hydrogen (secondary N) is 1. The number of rotatable bonds is 6. The van der Waals surface area contributed by atoms with Crippen LogP contribution in [0.5, 0.6) is 0 Å². The molecule has 2 fully saturated rings. The van der Waals surface area contributed by atoms with Crippen molar-refractivity contribution in [3.63, 3.8) is 0 Å². The first kappa shape index (κ1) is 13.1. The minimum atomic E-state index is 0.881. The van der Waals surface area contributed by atoms with E-state index in [0.717, 1.165) is 31.5 Å². The van der Waals surface area contributed by atoms with E-state index in [1.807, 2.05) is 0 Å². The Morgan fingerprint density at radius 3 is 2.74 bits per heavy atom. The topological polar surface area (TPSA) is 15.3 Å².